The van der Waals surface area contributed by atoms with Gasteiger partial charge in [0, 0.05) is 32.6 Å². The maximum absolute atomic E-state index is 11.6. The summed E-state index contributed by atoms with van der Waals surface area (Å²) in [5.74, 6) is 1.39. The maximum atomic E-state index is 11.6. The monoisotopic (exact) mass is 240 g/mol. The van der Waals surface area contributed by atoms with Gasteiger partial charge in [-0.3, -0.25) is 4.79 Å². The van der Waals surface area contributed by atoms with Crippen molar-refractivity contribution < 1.29 is 4.79 Å². The number of carbonyl (C=O) groups excluding carboxylic acids is 1. The van der Waals surface area contributed by atoms with Crippen LogP contribution in [0.15, 0.2) is 0 Å². The van der Waals surface area contributed by atoms with E-state index in [1.807, 2.05) is 4.90 Å². The molecule has 1 rings (SSSR count). The Hall–Kier alpha value is -0.570. The standard InChI is InChI=1S/C14H28N2O/c1-11(2)15-7-6-12(3)8-16(14(5)17)10-13(4)9-15/h11-13H,6-10H2,1-5H3. The van der Waals surface area contributed by atoms with Crippen molar-refractivity contribution in [2.75, 3.05) is 26.2 Å². The van der Waals surface area contributed by atoms with Gasteiger partial charge in [0.1, 0.15) is 0 Å². The second-order valence-corrected chi connectivity index (χ2v) is 6.01. The second-order valence-electron chi connectivity index (χ2n) is 6.01. The first-order chi connectivity index (χ1) is 7.90. The van der Waals surface area contributed by atoms with Gasteiger partial charge in [0.2, 0.25) is 5.91 Å². The van der Waals surface area contributed by atoms with Gasteiger partial charge in [-0.25, -0.2) is 0 Å². The van der Waals surface area contributed by atoms with Gasteiger partial charge < -0.3 is 9.80 Å². The largest absolute Gasteiger partial charge is 0.342 e. The Morgan fingerprint density at radius 2 is 1.71 bits per heavy atom. The van der Waals surface area contributed by atoms with Crippen molar-refractivity contribution in [2.24, 2.45) is 11.8 Å². The van der Waals surface area contributed by atoms with E-state index >= 15 is 0 Å². The molecule has 0 radical (unpaired) electrons. The summed E-state index contributed by atoms with van der Waals surface area (Å²) in [6.07, 6.45) is 1.19. The van der Waals surface area contributed by atoms with Crippen LogP contribution >= 0.6 is 0 Å². The van der Waals surface area contributed by atoms with E-state index < -0.39 is 0 Å². The number of amides is 1. The third-order valence-corrected chi connectivity index (χ3v) is 3.70. The third-order valence-electron chi connectivity index (χ3n) is 3.70. The van der Waals surface area contributed by atoms with Gasteiger partial charge in [-0.15, -0.1) is 0 Å². The molecule has 0 aromatic carbocycles. The Bertz CT molecular complexity index is 253. The van der Waals surface area contributed by atoms with Crippen molar-refractivity contribution in [3.05, 3.63) is 0 Å². The lowest BCUT2D eigenvalue weighted by Gasteiger charge is -2.29. The highest BCUT2D eigenvalue weighted by Crippen LogP contribution is 2.15. The molecule has 3 heteroatoms. The molecule has 1 aliphatic rings. The summed E-state index contributed by atoms with van der Waals surface area (Å²) < 4.78 is 0. The third kappa shape index (κ3) is 4.66. The molecule has 100 valence electrons. The van der Waals surface area contributed by atoms with Crippen LogP contribution in [0, 0.1) is 11.8 Å². The van der Waals surface area contributed by atoms with E-state index in [1.165, 1.54) is 6.42 Å². The molecule has 1 fully saturated rings. The minimum atomic E-state index is 0.224. The van der Waals surface area contributed by atoms with Gasteiger partial charge in [0.15, 0.2) is 0 Å². The summed E-state index contributed by atoms with van der Waals surface area (Å²) in [6, 6.07) is 0.605. The molecule has 2 unspecified atom stereocenters. The number of rotatable bonds is 1. The van der Waals surface area contributed by atoms with Crippen molar-refractivity contribution in [1.29, 1.82) is 0 Å². The van der Waals surface area contributed by atoms with Crippen LogP contribution in [-0.2, 0) is 4.79 Å². The van der Waals surface area contributed by atoms with Crippen LogP contribution < -0.4 is 0 Å². The normalized spacial score (nSPS) is 28.7. The molecule has 0 aromatic rings. The van der Waals surface area contributed by atoms with Gasteiger partial charge in [-0.2, -0.15) is 0 Å². The molecule has 1 aliphatic heterocycles. The highest BCUT2D eigenvalue weighted by molar-refractivity contribution is 5.73. The van der Waals surface area contributed by atoms with Gasteiger partial charge >= 0.3 is 0 Å². The first-order valence-electron chi connectivity index (χ1n) is 6.89. The van der Waals surface area contributed by atoms with Crippen molar-refractivity contribution in [3.8, 4) is 0 Å². The second kappa shape index (κ2) is 6.39. The summed E-state index contributed by atoms with van der Waals surface area (Å²) in [5.41, 5.74) is 0. The molecule has 1 heterocycles. The molecular weight excluding hydrogens is 212 g/mol. The first kappa shape index (κ1) is 14.5. The lowest BCUT2D eigenvalue weighted by molar-refractivity contribution is -0.130. The molecular formula is C14H28N2O. The zero-order valence-electron chi connectivity index (χ0n) is 12.1. The molecule has 0 aliphatic carbocycles. The Morgan fingerprint density at radius 3 is 2.24 bits per heavy atom. The zero-order chi connectivity index (χ0) is 13.0. The molecule has 0 bridgehead atoms. The van der Waals surface area contributed by atoms with E-state index in [1.54, 1.807) is 6.92 Å². The topological polar surface area (TPSA) is 23.6 Å². The van der Waals surface area contributed by atoms with Gasteiger partial charge in [-0.05, 0) is 38.6 Å². The summed E-state index contributed by atoms with van der Waals surface area (Å²) >= 11 is 0. The molecule has 0 spiro atoms. The van der Waals surface area contributed by atoms with Crippen LogP contribution in [0.25, 0.3) is 0 Å². The highest BCUT2D eigenvalue weighted by atomic mass is 16.2. The molecule has 0 N–H and O–H groups in total. The lowest BCUT2D eigenvalue weighted by Crippen LogP contribution is -2.39. The van der Waals surface area contributed by atoms with Crippen LogP contribution in [0.2, 0.25) is 0 Å². The Kier molecular flexibility index (Phi) is 5.44. The van der Waals surface area contributed by atoms with Crippen molar-refractivity contribution in [3.63, 3.8) is 0 Å². The van der Waals surface area contributed by atoms with Crippen molar-refractivity contribution in [2.45, 2.75) is 47.1 Å². The fourth-order valence-electron chi connectivity index (χ4n) is 2.58. The van der Waals surface area contributed by atoms with Crippen LogP contribution in [0.1, 0.15) is 41.0 Å². The molecule has 1 amide bonds. The Labute approximate surface area is 106 Å². The SMILES string of the molecule is CC(=O)N1CC(C)CCN(C(C)C)CC(C)C1. The number of hydrogen-bond acceptors (Lipinski definition) is 2. The van der Waals surface area contributed by atoms with Gasteiger partial charge in [0.05, 0.1) is 0 Å². The molecule has 0 aromatic heterocycles. The van der Waals surface area contributed by atoms with E-state index in [9.17, 15) is 4.79 Å². The molecule has 1 saturated heterocycles. The van der Waals surface area contributed by atoms with E-state index in [-0.39, 0.29) is 5.91 Å². The highest BCUT2D eigenvalue weighted by Gasteiger charge is 2.22. The quantitative estimate of drug-likeness (QED) is 0.701. The minimum Gasteiger partial charge on any atom is -0.342 e. The zero-order valence-corrected chi connectivity index (χ0v) is 12.1. The molecule has 0 saturated carbocycles. The van der Waals surface area contributed by atoms with Crippen LogP contribution in [0.4, 0.5) is 0 Å². The molecule has 2 atom stereocenters. The Morgan fingerprint density at radius 1 is 1.12 bits per heavy atom. The minimum absolute atomic E-state index is 0.224. The maximum Gasteiger partial charge on any atom is 0.219 e. The van der Waals surface area contributed by atoms with E-state index in [2.05, 4.69) is 32.6 Å². The van der Waals surface area contributed by atoms with E-state index in [0.29, 0.717) is 17.9 Å². The van der Waals surface area contributed by atoms with Crippen LogP contribution in [0.3, 0.4) is 0 Å². The summed E-state index contributed by atoms with van der Waals surface area (Å²) in [6.45, 7) is 14.8. The predicted octanol–water partition coefficient (Wildman–Crippen LogP) is 2.22. The fraction of sp³-hybridized carbons (Fsp3) is 0.929. The van der Waals surface area contributed by atoms with Crippen LogP contribution in [-0.4, -0.2) is 47.9 Å². The van der Waals surface area contributed by atoms with Crippen molar-refractivity contribution in [1.82, 2.24) is 9.80 Å². The smallest absolute Gasteiger partial charge is 0.219 e. The average molecular weight is 240 g/mol. The lowest BCUT2D eigenvalue weighted by atomic mass is 10.1. The number of hydrogen-bond donors (Lipinski definition) is 0. The number of carbonyl (C=O) groups is 1. The predicted molar refractivity (Wildman–Crippen MR) is 71.9 cm³/mol. The first-order valence-corrected chi connectivity index (χ1v) is 6.89. The summed E-state index contributed by atoms with van der Waals surface area (Å²) in [5, 5.41) is 0. The average Bonchev–Trinajstić information content (AvgIpc) is 2.28. The van der Waals surface area contributed by atoms with Gasteiger partial charge in [-0.1, -0.05) is 13.8 Å². The Balaban J connectivity index is 2.70. The van der Waals surface area contributed by atoms with E-state index in [4.69, 9.17) is 0 Å². The van der Waals surface area contributed by atoms with Crippen LogP contribution in [0.5, 0.6) is 0 Å². The van der Waals surface area contributed by atoms with E-state index in [0.717, 1.165) is 26.2 Å². The number of nitrogens with zero attached hydrogens (tertiary/aromatic N) is 2. The fourth-order valence-corrected chi connectivity index (χ4v) is 2.58. The summed E-state index contributed by atoms with van der Waals surface area (Å²) in [4.78, 5) is 16.2. The molecule has 3 nitrogen and oxygen atoms in total. The van der Waals surface area contributed by atoms with Crippen molar-refractivity contribution >= 4 is 5.91 Å². The summed E-state index contributed by atoms with van der Waals surface area (Å²) in [7, 11) is 0. The van der Waals surface area contributed by atoms with Gasteiger partial charge in [0.25, 0.3) is 0 Å². The molecule has 17 heavy (non-hydrogen) atoms.